The molecule has 0 spiro atoms. The quantitative estimate of drug-likeness (QED) is 0.194. The first kappa shape index (κ1) is 27.3. The Morgan fingerprint density at radius 3 is 1.16 bits per heavy atom. The molecule has 0 fully saturated rings. The van der Waals surface area contributed by atoms with E-state index in [4.69, 9.17) is 0 Å². The standard InChI is InChI=1S/C41H32F2N2/c1-23-9-13-35-29(17-23)30-18-24(2)10-14-36(30)44(35)39-21-27(5)28(41-33(42)7-6-8-34(41)43)22-40(39)45-37-15-11-25(3)19-31(37)32-20-26(4)12-16-38(32)45/h6-22H,1-5H3. The monoisotopic (exact) mass is 590 g/mol. The van der Waals surface area contributed by atoms with E-state index in [0.717, 1.165) is 49.8 Å². The molecule has 0 aliphatic rings. The predicted molar refractivity (Wildman–Crippen MR) is 184 cm³/mol. The van der Waals surface area contributed by atoms with E-state index in [0.29, 0.717) is 5.56 Å². The Morgan fingerprint density at radius 1 is 0.422 bits per heavy atom. The van der Waals surface area contributed by atoms with Gasteiger partial charge in [0, 0.05) is 21.5 Å². The number of aryl methyl sites for hydroxylation is 5. The topological polar surface area (TPSA) is 9.86 Å². The predicted octanol–water partition coefficient (Wildman–Crippen LogP) is 11.4. The summed E-state index contributed by atoms with van der Waals surface area (Å²) >= 11 is 0. The molecule has 8 rings (SSSR count). The van der Waals surface area contributed by atoms with Gasteiger partial charge in [-0.05, 0) is 119 Å². The number of hydrogen-bond acceptors (Lipinski definition) is 0. The maximum Gasteiger partial charge on any atom is 0.133 e. The summed E-state index contributed by atoms with van der Waals surface area (Å²) in [5.74, 6) is -1.15. The molecule has 0 radical (unpaired) electrons. The van der Waals surface area contributed by atoms with Crippen molar-refractivity contribution in [1.82, 2.24) is 9.13 Å². The maximum absolute atomic E-state index is 15.4. The molecule has 0 N–H and O–H groups in total. The molecule has 0 atom stereocenters. The Balaban J connectivity index is 1.59. The van der Waals surface area contributed by atoms with Crippen molar-refractivity contribution in [2.45, 2.75) is 34.6 Å². The summed E-state index contributed by atoms with van der Waals surface area (Å²) in [7, 11) is 0. The summed E-state index contributed by atoms with van der Waals surface area (Å²) in [5, 5.41) is 4.64. The highest BCUT2D eigenvalue weighted by Gasteiger charge is 2.23. The Kier molecular flexibility index (Phi) is 6.01. The second-order valence-electron chi connectivity index (χ2n) is 12.5. The fourth-order valence-electron chi connectivity index (χ4n) is 7.08. The van der Waals surface area contributed by atoms with Crippen molar-refractivity contribution in [3.8, 4) is 22.5 Å². The average molecular weight is 591 g/mol. The fourth-order valence-corrected chi connectivity index (χ4v) is 7.08. The Morgan fingerprint density at radius 2 is 0.778 bits per heavy atom. The van der Waals surface area contributed by atoms with Crippen molar-refractivity contribution in [1.29, 1.82) is 0 Å². The molecule has 0 saturated carbocycles. The van der Waals surface area contributed by atoms with Crippen LogP contribution in [0.15, 0.2) is 103 Å². The van der Waals surface area contributed by atoms with Crippen molar-refractivity contribution in [2.24, 2.45) is 0 Å². The maximum atomic E-state index is 15.4. The Labute approximate surface area is 260 Å². The molecule has 4 heteroatoms. The fraction of sp³-hybridized carbons (Fsp3) is 0.122. The van der Waals surface area contributed by atoms with Gasteiger partial charge < -0.3 is 9.13 Å². The molecule has 0 aliphatic heterocycles. The first-order valence-corrected chi connectivity index (χ1v) is 15.3. The molecule has 220 valence electrons. The number of aromatic nitrogens is 2. The highest BCUT2D eigenvalue weighted by atomic mass is 19.1. The molecule has 45 heavy (non-hydrogen) atoms. The largest absolute Gasteiger partial charge is 0.307 e. The summed E-state index contributed by atoms with van der Waals surface area (Å²) in [6, 6.07) is 34.3. The number of nitrogens with zero attached hydrogens (tertiary/aromatic N) is 2. The van der Waals surface area contributed by atoms with Gasteiger partial charge in [0.1, 0.15) is 11.6 Å². The van der Waals surface area contributed by atoms with E-state index in [1.165, 1.54) is 51.2 Å². The number of halogens is 2. The molecule has 0 unspecified atom stereocenters. The first-order chi connectivity index (χ1) is 21.7. The second kappa shape index (κ2) is 9.90. The van der Waals surface area contributed by atoms with E-state index in [9.17, 15) is 0 Å². The van der Waals surface area contributed by atoms with Crippen LogP contribution in [0.1, 0.15) is 27.8 Å². The van der Waals surface area contributed by atoms with Crippen molar-refractivity contribution in [2.75, 3.05) is 0 Å². The normalized spacial score (nSPS) is 11.9. The van der Waals surface area contributed by atoms with Crippen LogP contribution in [-0.2, 0) is 0 Å². The van der Waals surface area contributed by atoms with Crippen molar-refractivity contribution < 1.29 is 8.78 Å². The number of rotatable bonds is 3. The molecular formula is C41H32F2N2. The zero-order valence-electron chi connectivity index (χ0n) is 26.0. The van der Waals surface area contributed by atoms with Crippen LogP contribution in [0.25, 0.3) is 66.1 Å². The van der Waals surface area contributed by atoms with Gasteiger partial charge in [0.25, 0.3) is 0 Å². The van der Waals surface area contributed by atoms with Crippen LogP contribution in [0.5, 0.6) is 0 Å². The third-order valence-corrected chi connectivity index (χ3v) is 9.19. The summed E-state index contributed by atoms with van der Waals surface area (Å²) in [4.78, 5) is 0. The van der Waals surface area contributed by atoms with Crippen LogP contribution in [0, 0.1) is 46.3 Å². The molecule has 0 aliphatic carbocycles. The van der Waals surface area contributed by atoms with Gasteiger partial charge in [0.05, 0.1) is 39.0 Å². The van der Waals surface area contributed by atoms with Gasteiger partial charge in [-0.2, -0.15) is 0 Å². The molecular weight excluding hydrogens is 558 g/mol. The van der Waals surface area contributed by atoms with Crippen LogP contribution in [0.2, 0.25) is 0 Å². The van der Waals surface area contributed by atoms with Crippen molar-refractivity contribution >= 4 is 43.6 Å². The molecule has 2 nitrogen and oxygen atoms in total. The van der Waals surface area contributed by atoms with Gasteiger partial charge >= 0.3 is 0 Å². The molecule has 0 amide bonds. The van der Waals surface area contributed by atoms with Gasteiger partial charge in [0.15, 0.2) is 0 Å². The average Bonchev–Trinajstić information content (AvgIpc) is 3.48. The van der Waals surface area contributed by atoms with Gasteiger partial charge in [0.2, 0.25) is 0 Å². The van der Waals surface area contributed by atoms with Crippen LogP contribution in [-0.4, -0.2) is 9.13 Å². The lowest BCUT2D eigenvalue weighted by Gasteiger charge is -2.20. The number of benzene rings is 6. The zero-order chi connectivity index (χ0) is 31.1. The minimum absolute atomic E-state index is 0.0104. The van der Waals surface area contributed by atoms with Gasteiger partial charge in [-0.1, -0.05) is 52.6 Å². The van der Waals surface area contributed by atoms with Crippen molar-refractivity contribution in [3.05, 3.63) is 143 Å². The summed E-state index contributed by atoms with van der Waals surface area (Å²) < 4.78 is 35.4. The second-order valence-corrected chi connectivity index (χ2v) is 12.5. The minimum atomic E-state index is -0.576. The SMILES string of the molecule is Cc1ccc2c(c1)c1cc(C)ccc1n2-c1cc(C)c(-c2c(F)cccc2F)cc1-n1c2ccc(C)cc2c2cc(C)ccc21. The van der Waals surface area contributed by atoms with E-state index in [1.807, 2.05) is 13.0 Å². The smallest absolute Gasteiger partial charge is 0.133 e. The molecule has 2 aromatic heterocycles. The highest BCUT2D eigenvalue weighted by Crippen LogP contribution is 2.42. The Bertz CT molecular complexity index is 2370. The molecule has 0 bridgehead atoms. The van der Waals surface area contributed by atoms with Crippen molar-refractivity contribution in [3.63, 3.8) is 0 Å². The van der Waals surface area contributed by atoms with E-state index >= 15 is 8.78 Å². The third kappa shape index (κ3) is 4.12. The van der Waals surface area contributed by atoms with E-state index in [-0.39, 0.29) is 5.56 Å². The van der Waals surface area contributed by atoms with E-state index in [1.54, 1.807) is 0 Å². The van der Waals surface area contributed by atoms with Gasteiger partial charge in [-0.3, -0.25) is 0 Å². The zero-order valence-corrected chi connectivity index (χ0v) is 26.0. The molecule has 0 saturated heterocycles. The third-order valence-electron chi connectivity index (χ3n) is 9.19. The van der Waals surface area contributed by atoms with Gasteiger partial charge in [-0.25, -0.2) is 8.78 Å². The first-order valence-electron chi connectivity index (χ1n) is 15.3. The lowest BCUT2D eigenvalue weighted by Crippen LogP contribution is -2.06. The van der Waals surface area contributed by atoms with Crippen LogP contribution in [0.3, 0.4) is 0 Å². The Hall–Kier alpha value is -5.22. The van der Waals surface area contributed by atoms with Crippen LogP contribution in [0.4, 0.5) is 8.78 Å². The lowest BCUT2D eigenvalue weighted by atomic mass is 9.97. The molecule has 8 aromatic rings. The van der Waals surface area contributed by atoms with E-state index in [2.05, 4.69) is 116 Å². The lowest BCUT2D eigenvalue weighted by molar-refractivity contribution is 0.589. The van der Waals surface area contributed by atoms with Gasteiger partial charge in [-0.15, -0.1) is 0 Å². The minimum Gasteiger partial charge on any atom is -0.307 e. The van der Waals surface area contributed by atoms with Crippen LogP contribution < -0.4 is 0 Å². The summed E-state index contributed by atoms with van der Waals surface area (Å²) in [5.41, 5.74) is 12.1. The number of fused-ring (bicyclic) bond motifs is 6. The molecule has 6 aromatic carbocycles. The summed E-state index contributed by atoms with van der Waals surface area (Å²) in [6.45, 7) is 10.4. The van der Waals surface area contributed by atoms with Crippen LogP contribution >= 0.6 is 0 Å². The summed E-state index contributed by atoms with van der Waals surface area (Å²) in [6.07, 6.45) is 0. The van der Waals surface area contributed by atoms with E-state index < -0.39 is 11.6 Å². The highest BCUT2D eigenvalue weighted by molar-refractivity contribution is 6.12. The number of hydrogen-bond donors (Lipinski definition) is 0. The molecule has 2 heterocycles.